The quantitative estimate of drug-likeness (QED) is 0.728. The van der Waals surface area contributed by atoms with Crippen LogP contribution in [0.1, 0.15) is 37.6 Å². The van der Waals surface area contributed by atoms with Crippen molar-refractivity contribution in [3.8, 4) is 0 Å². The summed E-state index contributed by atoms with van der Waals surface area (Å²) >= 11 is 3.31. The van der Waals surface area contributed by atoms with E-state index in [2.05, 4.69) is 34.9 Å². The molecule has 1 aromatic rings. The Hall–Kier alpha value is -0.310. The first-order valence-corrected chi connectivity index (χ1v) is 4.91. The molecule has 0 amide bonds. The van der Waals surface area contributed by atoms with E-state index in [9.17, 15) is 0 Å². The Labute approximate surface area is 75.1 Å². The van der Waals surface area contributed by atoms with Crippen molar-refractivity contribution in [2.24, 2.45) is 0 Å². The topological polar surface area (TPSA) is 26.0 Å². The lowest BCUT2D eigenvalue weighted by molar-refractivity contribution is 0.384. The van der Waals surface area contributed by atoms with Crippen molar-refractivity contribution in [1.82, 2.24) is 5.16 Å². The molecule has 1 rings (SSSR count). The summed E-state index contributed by atoms with van der Waals surface area (Å²) in [7, 11) is 0. The Balaban J connectivity index is 2.71. The molecular formula is C8H12BrNO. The van der Waals surface area contributed by atoms with E-state index in [0.29, 0.717) is 5.92 Å². The molecular weight excluding hydrogens is 206 g/mol. The van der Waals surface area contributed by atoms with Gasteiger partial charge in [-0.05, 0) is 6.42 Å². The summed E-state index contributed by atoms with van der Waals surface area (Å²) in [6, 6.07) is 2.00. The van der Waals surface area contributed by atoms with Gasteiger partial charge in [0, 0.05) is 12.0 Å². The second-order valence-electron chi connectivity index (χ2n) is 2.66. The Morgan fingerprint density at radius 1 is 1.73 bits per heavy atom. The van der Waals surface area contributed by atoms with Crippen LogP contribution in [0.4, 0.5) is 0 Å². The zero-order chi connectivity index (χ0) is 8.27. The summed E-state index contributed by atoms with van der Waals surface area (Å²) in [5, 5.41) is 4.70. The summed E-state index contributed by atoms with van der Waals surface area (Å²) < 4.78 is 5.04. The van der Waals surface area contributed by atoms with Crippen LogP contribution in [0.15, 0.2) is 10.6 Å². The van der Waals surface area contributed by atoms with Crippen molar-refractivity contribution in [1.29, 1.82) is 0 Å². The second-order valence-corrected chi connectivity index (χ2v) is 3.22. The van der Waals surface area contributed by atoms with E-state index in [1.165, 1.54) is 0 Å². The monoisotopic (exact) mass is 217 g/mol. The van der Waals surface area contributed by atoms with E-state index in [4.69, 9.17) is 4.52 Å². The van der Waals surface area contributed by atoms with Crippen LogP contribution in [0.5, 0.6) is 0 Å². The summed E-state index contributed by atoms with van der Waals surface area (Å²) in [6.45, 7) is 4.29. The van der Waals surface area contributed by atoms with Gasteiger partial charge in [-0.1, -0.05) is 34.9 Å². The maximum atomic E-state index is 5.04. The van der Waals surface area contributed by atoms with Gasteiger partial charge in [-0.25, -0.2) is 0 Å². The Morgan fingerprint density at radius 3 is 2.91 bits per heavy atom. The first kappa shape index (κ1) is 8.78. The van der Waals surface area contributed by atoms with E-state index in [-0.39, 0.29) is 0 Å². The van der Waals surface area contributed by atoms with Crippen molar-refractivity contribution in [3.05, 3.63) is 17.5 Å². The summed E-state index contributed by atoms with van der Waals surface area (Å²) in [5.74, 6) is 1.41. The molecule has 0 bridgehead atoms. The molecule has 0 N–H and O–H groups in total. The van der Waals surface area contributed by atoms with Gasteiger partial charge >= 0.3 is 0 Å². The molecule has 1 atom stereocenters. The summed E-state index contributed by atoms with van der Waals surface area (Å²) in [6.07, 6.45) is 1.11. The SMILES string of the molecule is CCC(C)c1cc(CBr)on1. The zero-order valence-corrected chi connectivity index (χ0v) is 8.39. The molecule has 3 heteroatoms. The third kappa shape index (κ3) is 2.06. The minimum Gasteiger partial charge on any atom is -0.360 e. The van der Waals surface area contributed by atoms with Gasteiger partial charge in [0.25, 0.3) is 0 Å². The molecule has 1 heterocycles. The molecule has 0 fully saturated rings. The molecule has 2 nitrogen and oxygen atoms in total. The van der Waals surface area contributed by atoms with Gasteiger partial charge in [-0.15, -0.1) is 0 Å². The summed E-state index contributed by atoms with van der Waals surface area (Å²) in [5.41, 5.74) is 1.06. The molecule has 62 valence electrons. The van der Waals surface area contributed by atoms with E-state index >= 15 is 0 Å². The van der Waals surface area contributed by atoms with Crippen LogP contribution in [0.25, 0.3) is 0 Å². The number of nitrogens with zero attached hydrogens (tertiary/aromatic N) is 1. The molecule has 11 heavy (non-hydrogen) atoms. The fourth-order valence-corrected chi connectivity index (χ4v) is 1.10. The predicted molar refractivity (Wildman–Crippen MR) is 47.8 cm³/mol. The fourth-order valence-electron chi connectivity index (χ4n) is 0.833. The highest BCUT2D eigenvalue weighted by atomic mass is 79.9. The first-order chi connectivity index (χ1) is 5.27. The van der Waals surface area contributed by atoms with Crippen LogP contribution in [0.2, 0.25) is 0 Å². The maximum absolute atomic E-state index is 5.04. The molecule has 0 saturated heterocycles. The molecule has 0 radical (unpaired) electrons. The van der Waals surface area contributed by atoms with Crippen LogP contribution in [-0.4, -0.2) is 5.16 Å². The number of hydrogen-bond acceptors (Lipinski definition) is 2. The van der Waals surface area contributed by atoms with Crippen molar-refractivity contribution < 1.29 is 4.52 Å². The standard InChI is InChI=1S/C8H12BrNO/c1-3-6(2)8-4-7(5-9)11-10-8/h4,6H,3,5H2,1-2H3. The number of alkyl halides is 1. The number of halogens is 1. The first-order valence-electron chi connectivity index (χ1n) is 3.79. The summed E-state index contributed by atoms with van der Waals surface area (Å²) in [4.78, 5) is 0. The molecule has 1 unspecified atom stereocenters. The number of aromatic nitrogens is 1. The Bertz CT molecular complexity index is 222. The van der Waals surface area contributed by atoms with Crippen LogP contribution < -0.4 is 0 Å². The highest BCUT2D eigenvalue weighted by Crippen LogP contribution is 2.18. The van der Waals surface area contributed by atoms with Crippen molar-refractivity contribution in [2.75, 3.05) is 0 Å². The number of hydrogen-bond donors (Lipinski definition) is 0. The molecule has 0 aliphatic rings. The van der Waals surface area contributed by atoms with Gasteiger partial charge in [0.05, 0.1) is 11.0 Å². The minimum atomic E-state index is 0.506. The molecule has 0 spiro atoms. The van der Waals surface area contributed by atoms with Crippen molar-refractivity contribution in [3.63, 3.8) is 0 Å². The minimum absolute atomic E-state index is 0.506. The lowest BCUT2D eigenvalue weighted by Crippen LogP contribution is -1.89. The van der Waals surface area contributed by atoms with Crippen LogP contribution in [-0.2, 0) is 5.33 Å². The van der Waals surface area contributed by atoms with Gasteiger partial charge < -0.3 is 4.52 Å². The predicted octanol–water partition coefficient (Wildman–Crippen LogP) is 3.08. The lowest BCUT2D eigenvalue weighted by atomic mass is 10.1. The smallest absolute Gasteiger partial charge is 0.147 e. The third-order valence-corrected chi connectivity index (χ3v) is 2.38. The van der Waals surface area contributed by atoms with Crippen LogP contribution in [0.3, 0.4) is 0 Å². The zero-order valence-electron chi connectivity index (χ0n) is 6.80. The van der Waals surface area contributed by atoms with E-state index in [1.807, 2.05) is 6.07 Å². The van der Waals surface area contributed by atoms with Gasteiger partial charge in [0.2, 0.25) is 0 Å². The van der Waals surface area contributed by atoms with E-state index in [1.54, 1.807) is 0 Å². The Morgan fingerprint density at radius 2 is 2.45 bits per heavy atom. The molecule has 0 aromatic carbocycles. The maximum Gasteiger partial charge on any atom is 0.147 e. The van der Waals surface area contributed by atoms with Gasteiger partial charge in [0.1, 0.15) is 5.76 Å². The molecule has 0 saturated carbocycles. The van der Waals surface area contributed by atoms with Crippen molar-refractivity contribution >= 4 is 15.9 Å². The molecule has 1 aromatic heterocycles. The largest absolute Gasteiger partial charge is 0.360 e. The second kappa shape index (κ2) is 3.90. The van der Waals surface area contributed by atoms with E-state index < -0.39 is 0 Å². The highest BCUT2D eigenvalue weighted by Gasteiger charge is 2.08. The fraction of sp³-hybridized carbons (Fsp3) is 0.625. The van der Waals surface area contributed by atoms with Crippen molar-refractivity contribution in [2.45, 2.75) is 31.5 Å². The van der Waals surface area contributed by atoms with Gasteiger partial charge in [0.15, 0.2) is 0 Å². The third-order valence-electron chi connectivity index (χ3n) is 1.83. The normalized spacial score (nSPS) is 13.4. The van der Waals surface area contributed by atoms with Gasteiger partial charge in [-0.3, -0.25) is 0 Å². The highest BCUT2D eigenvalue weighted by molar-refractivity contribution is 9.08. The Kier molecular flexibility index (Phi) is 3.12. The van der Waals surface area contributed by atoms with E-state index in [0.717, 1.165) is 23.2 Å². The van der Waals surface area contributed by atoms with Gasteiger partial charge in [-0.2, -0.15) is 0 Å². The number of rotatable bonds is 3. The van der Waals surface area contributed by atoms with Crippen LogP contribution >= 0.6 is 15.9 Å². The molecule has 0 aliphatic heterocycles. The molecule has 0 aliphatic carbocycles. The average Bonchev–Trinajstić information content (AvgIpc) is 2.50. The lowest BCUT2D eigenvalue weighted by Gasteiger charge is -1.99. The van der Waals surface area contributed by atoms with Crippen LogP contribution in [0, 0.1) is 0 Å². The average molecular weight is 218 g/mol.